The lowest BCUT2D eigenvalue weighted by Gasteiger charge is -2.01. The Morgan fingerprint density at radius 3 is 2.69 bits per heavy atom. The van der Waals surface area contributed by atoms with Crippen molar-refractivity contribution >= 4 is 5.78 Å². The SMILES string of the molecule is CC=CCOCC(=O)c1ccc(C#N)cc1. The van der Waals surface area contributed by atoms with E-state index in [-0.39, 0.29) is 12.4 Å². The Hall–Kier alpha value is -1.92. The third-order valence-corrected chi connectivity index (χ3v) is 2.02. The molecule has 0 spiro atoms. The molecule has 3 nitrogen and oxygen atoms in total. The molecular weight excluding hydrogens is 202 g/mol. The fourth-order valence-corrected chi connectivity index (χ4v) is 1.13. The topological polar surface area (TPSA) is 50.1 Å². The first-order valence-electron chi connectivity index (χ1n) is 5.00. The van der Waals surface area contributed by atoms with E-state index in [1.54, 1.807) is 24.3 Å². The third-order valence-electron chi connectivity index (χ3n) is 2.02. The van der Waals surface area contributed by atoms with Crippen LogP contribution in [-0.4, -0.2) is 19.0 Å². The maximum absolute atomic E-state index is 11.6. The number of ether oxygens (including phenoxy) is 1. The van der Waals surface area contributed by atoms with Crippen molar-refractivity contribution in [3.05, 3.63) is 47.5 Å². The van der Waals surface area contributed by atoms with Gasteiger partial charge in [0.05, 0.1) is 18.2 Å². The maximum Gasteiger partial charge on any atom is 0.188 e. The van der Waals surface area contributed by atoms with Crippen molar-refractivity contribution in [3.8, 4) is 6.07 Å². The molecule has 0 atom stereocenters. The second-order valence-corrected chi connectivity index (χ2v) is 3.20. The van der Waals surface area contributed by atoms with Crippen molar-refractivity contribution in [2.75, 3.05) is 13.2 Å². The molecule has 16 heavy (non-hydrogen) atoms. The molecule has 0 saturated carbocycles. The number of allylic oxidation sites excluding steroid dienone is 1. The molecule has 0 bridgehead atoms. The van der Waals surface area contributed by atoms with Crippen LogP contribution in [0.15, 0.2) is 36.4 Å². The summed E-state index contributed by atoms with van der Waals surface area (Å²) in [5.41, 5.74) is 1.12. The van der Waals surface area contributed by atoms with Gasteiger partial charge in [-0.3, -0.25) is 4.79 Å². The summed E-state index contributed by atoms with van der Waals surface area (Å²) in [6.07, 6.45) is 3.71. The largest absolute Gasteiger partial charge is 0.369 e. The highest BCUT2D eigenvalue weighted by Gasteiger charge is 2.04. The molecule has 0 aliphatic heterocycles. The van der Waals surface area contributed by atoms with Crippen molar-refractivity contribution in [2.45, 2.75) is 6.92 Å². The molecule has 0 saturated heterocycles. The van der Waals surface area contributed by atoms with Crippen LogP contribution in [0.2, 0.25) is 0 Å². The molecule has 0 radical (unpaired) electrons. The second kappa shape index (κ2) is 6.54. The first-order chi connectivity index (χ1) is 7.77. The summed E-state index contributed by atoms with van der Waals surface area (Å²) in [6, 6.07) is 8.53. The first-order valence-corrected chi connectivity index (χ1v) is 5.00. The summed E-state index contributed by atoms with van der Waals surface area (Å²) in [4.78, 5) is 11.6. The molecule has 0 heterocycles. The predicted molar refractivity (Wildman–Crippen MR) is 61.1 cm³/mol. The van der Waals surface area contributed by atoms with Crippen LogP contribution in [0, 0.1) is 11.3 Å². The van der Waals surface area contributed by atoms with Crippen LogP contribution in [0.25, 0.3) is 0 Å². The molecule has 0 aliphatic carbocycles. The lowest BCUT2D eigenvalue weighted by Crippen LogP contribution is -2.09. The number of benzene rings is 1. The van der Waals surface area contributed by atoms with Crippen LogP contribution in [0.5, 0.6) is 0 Å². The van der Waals surface area contributed by atoms with Gasteiger partial charge >= 0.3 is 0 Å². The van der Waals surface area contributed by atoms with E-state index in [1.165, 1.54) is 0 Å². The molecule has 0 fully saturated rings. The molecule has 0 aliphatic rings. The number of hydrogen-bond acceptors (Lipinski definition) is 3. The molecule has 0 aromatic heterocycles. The van der Waals surface area contributed by atoms with Gasteiger partial charge in [0.2, 0.25) is 0 Å². The lowest BCUT2D eigenvalue weighted by atomic mass is 10.1. The monoisotopic (exact) mass is 215 g/mol. The van der Waals surface area contributed by atoms with Gasteiger partial charge in [-0.2, -0.15) is 5.26 Å². The van der Waals surface area contributed by atoms with Crippen LogP contribution in [0.4, 0.5) is 0 Å². The summed E-state index contributed by atoms with van der Waals surface area (Å²) in [5, 5.41) is 8.60. The highest BCUT2D eigenvalue weighted by atomic mass is 16.5. The van der Waals surface area contributed by atoms with Gasteiger partial charge in [-0.05, 0) is 19.1 Å². The number of ketones is 1. The molecule has 1 aromatic carbocycles. The van der Waals surface area contributed by atoms with E-state index < -0.39 is 0 Å². The van der Waals surface area contributed by atoms with Crippen LogP contribution in [-0.2, 0) is 4.74 Å². The van der Waals surface area contributed by atoms with Crippen LogP contribution >= 0.6 is 0 Å². The average molecular weight is 215 g/mol. The van der Waals surface area contributed by atoms with E-state index >= 15 is 0 Å². The van der Waals surface area contributed by atoms with Gasteiger partial charge < -0.3 is 4.74 Å². The van der Waals surface area contributed by atoms with Crippen molar-refractivity contribution in [2.24, 2.45) is 0 Å². The molecule has 3 heteroatoms. The fourth-order valence-electron chi connectivity index (χ4n) is 1.13. The van der Waals surface area contributed by atoms with E-state index in [9.17, 15) is 4.79 Å². The van der Waals surface area contributed by atoms with Crippen molar-refractivity contribution < 1.29 is 9.53 Å². The zero-order valence-electron chi connectivity index (χ0n) is 9.14. The standard InChI is InChI=1S/C13H13NO2/c1-2-3-8-16-10-13(15)12-6-4-11(9-14)5-7-12/h2-7H,8,10H2,1H3. The number of Topliss-reactive ketones (excluding diaryl/α,β-unsaturated/α-hetero) is 1. The third kappa shape index (κ3) is 3.68. The van der Waals surface area contributed by atoms with Gasteiger partial charge in [0.25, 0.3) is 0 Å². The number of carbonyl (C=O) groups excluding carboxylic acids is 1. The highest BCUT2D eigenvalue weighted by molar-refractivity contribution is 5.97. The number of nitriles is 1. The predicted octanol–water partition coefficient (Wildman–Crippen LogP) is 2.33. The maximum atomic E-state index is 11.6. The minimum absolute atomic E-state index is 0.0657. The Morgan fingerprint density at radius 1 is 1.44 bits per heavy atom. The molecule has 82 valence electrons. The van der Waals surface area contributed by atoms with Crippen molar-refractivity contribution in [1.29, 1.82) is 5.26 Å². The van der Waals surface area contributed by atoms with Crippen LogP contribution in [0.3, 0.4) is 0 Å². The zero-order valence-corrected chi connectivity index (χ0v) is 9.14. The highest BCUT2D eigenvalue weighted by Crippen LogP contribution is 2.04. The fraction of sp³-hybridized carbons (Fsp3) is 0.231. The van der Waals surface area contributed by atoms with E-state index in [0.29, 0.717) is 17.7 Å². The summed E-state index contributed by atoms with van der Waals surface area (Å²) in [5.74, 6) is -0.0750. The zero-order chi connectivity index (χ0) is 11.8. The lowest BCUT2D eigenvalue weighted by molar-refractivity contribution is 0.0806. The van der Waals surface area contributed by atoms with Crippen LogP contribution < -0.4 is 0 Å². The van der Waals surface area contributed by atoms with E-state index in [2.05, 4.69) is 0 Å². The Morgan fingerprint density at radius 2 is 2.12 bits per heavy atom. The molecule has 0 amide bonds. The van der Waals surface area contributed by atoms with Gasteiger partial charge in [-0.15, -0.1) is 0 Å². The Balaban J connectivity index is 2.50. The Kier molecular flexibility index (Phi) is 4.97. The number of rotatable bonds is 5. The second-order valence-electron chi connectivity index (χ2n) is 3.20. The number of carbonyl (C=O) groups is 1. The van der Waals surface area contributed by atoms with Gasteiger partial charge in [-0.1, -0.05) is 24.3 Å². The smallest absolute Gasteiger partial charge is 0.188 e. The quantitative estimate of drug-likeness (QED) is 0.430. The average Bonchev–Trinajstić information content (AvgIpc) is 2.34. The summed E-state index contributed by atoms with van der Waals surface area (Å²) >= 11 is 0. The number of nitrogens with zero attached hydrogens (tertiary/aromatic N) is 1. The molecule has 0 unspecified atom stereocenters. The molecule has 0 N–H and O–H groups in total. The summed E-state index contributed by atoms with van der Waals surface area (Å²) in [7, 11) is 0. The summed E-state index contributed by atoms with van der Waals surface area (Å²) in [6.45, 7) is 2.40. The summed E-state index contributed by atoms with van der Waals surface area (Å²) < 4.78 is 5.15. The minimum atomic E-state index is -0.0750. The van der Waals surface area contributed by atoms with Crippen molar-refractivity contribution in [1.82, 2.24) is 0 Å². The van der Waals surface area contributed by atoms with E-state index in [0.717, 1.165) is 0 Å². The molecule has 1 aromatic rings. The van der Waals surface area contributed by atoms with E-state index in [1.807, 2.05) is 25.1 Å². The van der Waals surface area contributed by atoms with Crippen molar-refractivity contribution in [3.63, 3.8) is 0 Å². The normalized spacial score (nSPS) is 10.2. The molecular formula is C13H13NO2. The van der Waals surface area contributed by atoms with Gasteiger partial charge in [0.15, 0.2) is 5.78 Å². The van der Waals surface area contributed by atoms with E-state index in [4.69, 9.17) is 10.00 Å². The molecule has 1 rings (SSSR count). The van der Waals surface area contributed by atoms with Gasteiger partial charge in [0, 0.05) is 5.56 Å². The van der Waals surface area contributed by atoms with Gasteiger partial charge in [0.1, 0.15) is 6.61 Å². The Bertz CT molecular complexity index is 413. The minimum Gasteiger partial charge on any atom is -0.369 e. The first kappa shape index (κ1) is 12.2. The number of hydrogen-bond donors (Lipinski definition) is 0. The van der Waals surface area contributed by atoms with Crippen LogP contribution in [0.1, 0.15) is 22.8 Å². The van der Waals surface area contributed by atoms with Gasteiger partial charge in [-0.25, -0.2) is 0 Å². The Labute approximate surface area is 95.0 Å².